The van der Waals surface area contributed by atoms with Gasteiger partial charge in [-0.1, -0.05) is 36.4 Å². The molecule has 0 bridgehead atoms. The third-order valence-corrected chi connectivity index (χ3v) is 3.93. The number of aliphatic hydroxyl groups excluding tert-OH is 1. The van der Waals surface area contributed by atoms with Crippen molar-refractivity contribution in [1.82, 2.24) is 0 Å². The lowest BCUT2D eigenvalue weighted by atomic mass is 10.1. The molecule has 0 aliphatic rings. The molecule has 118 valence electrons. The Balaban J connectivity index is 1.83. The van der Waals surface area contributed by atoms with Gasteiger partial charge in [-0.2, -0.15) is 0 Å². The molecule has 3 rings (SSSR count). The van der Waals surface area contributed by atoms with Gasteiger partial charge in [-0.3, -0.25) is 4.79 Å². The molecular weight excluding hydrogens is 290 g/mol. The molecular formula is C19H19NO3. The zero-order valence-corrected chi connectivity index (χ0v) is 13.1. The van der Waals surface area contributed by atoms with Gasteiger partial charge < -0.3 is 14.8 Å². The van der Waals surface area contributed by atoms with Crippen molar-refractivity contribution in [1.29, 1.82) is 0 Å². The van der Waals surface area contributed by atoms with Crippen LogP contribution in [0, 0.1) is 0 Å². The van der Waals surface area contributed by atoms with Gasteiger partial charge >= 0.3 is 0 Å². The van der Waals surface area contributed by atoms with E-state index in [1.54, 1.807) is 26.0 Å². The SMILES string of the molecule is CC(O)c1ccccc1NC(=O)C(C)c1cc2ccccc2o1. The molecule has 0 radical (unpaired) electrons. The second-order valence-corrected chi connectivity index (χ2v) is 5.66. The summed E-state index contributed by atoms with van der Waals surface area (Å²) in [4.78, 5) is 12.5. The highest BCUT2D eigenvalue weighted by molar-refractivity contribution is 5.96. The minimum atomic E-state index is -0.645. The fourth-order valence-electron chi connectivity index (χ4n) is 2.56. The number of carbonyl (C=O) groups is 1. The number of carbonyl (C=O) groups excluding carboxylic acids is 1. The molecule has 1 heterocycles. The van der Waals surface area contributed by atoms with Crippen molar-refractivity contribution in [3.8, 4) is 0 Å². The summed E-state index contributed by atoms with van der Waals surface area (Å²) in [6.07, 6.45) is -0.645. The standard InChI is InChI=1S/C19H19NO3/c1-12(18-11-14-7-3-6-10-17(14)23-18)19(22)20-16-9-5-4-8-15(16)13(2)21/h3-13,21H,1-2H3,(H,20,22). The van der Waals surface area contributed by atoms with Crippen molar-refractivity contribution >= 4 is 22.6 Å². The van der Waals surface area contributed by atoms with E-state index < -0.39 is 12.0 Å². The van der Waals surface area contributed by atoms with Crippen LogP contribution >= 0.6 is 0 Å². The molecule has 1 aromatic heterocycles. The van der Waals surface area contributed by atoms with Crippen LogP contribution in [0.3, 0.4) is 0 Å². The first-order valence-electron chi connectivity index (χ1n) is 7.62. The summed E-state index contributed by atoms with van der Waals surface area (Å²) in [6, 6.07) is 16.8. The van der Waals surface area contributed by atoms with Crippen molar-refractivity contribution in [3.63, 3.8) is 0 Å². The summed E-state index contributed by atoms with van der Waals surface area (Å²) in [5.74, 6) is 0.0276. The highest BCUT2D eigenvalue weighted by Crippen LogP contribution is 2.27. The minimum absolute atomic E-state index is 0.169. The van der Waals surface area contributed by atoms with Crippen LogP contribution in [0.1, 0.15) is 37.2 Å². The van der Waals surface area contributed by atoms with Crippen LogP contribution in [0.25, 0.3) is 11.0 Å². The first-order valence-corrected chi connectivity index (χ1v) is 7.62. The number of fused-ring (bicyclic) bond motifs is 1. The maximum absolute atomic E-state index is 12.5. The second-order valence-electron chi connectivity index (χ2n) is 5.66. The quantitative estimate of drug-likeness (QED) is 0.758. The number of furan rings is 1. The molecule has 0 aliphatic heterocycles. The average molecular weight is 309 g/mol. The van der Waals surface area contributed by atoms with Crippen molar-refractivity contribution in [2.45, 2.75) is 25.9 Å². The van der Waals surface area contributed by atoms with Gasteiger partial charge in [0.05, 0.1) is 12.0 Å². The summed E-state index contributed by atoms with van der Waals surface area (Å²) < 4.78 is 5.76. The zero-order valence-electron chi connectivity index (χ0n) is 13.1. The van der Waals surface area contributed by atoms with Gasteiger partial charge in [0.25, 0.3) is 0 Å². The lowest BCUT2D eigenvalue weighted by molar-refractivity contribution is -0.117. The van der Waals surface area contributed by atoms with E-state index in [0.29, 0.717) is 17.0 Å². The molecule has 0 fully saturated rings. The van der Waals surface area contributed by atoms with E-state index in [1.165, 1.54) is 0 Å². The normalized spacial score (nSPS) is 13.7. The van der Waals surface area contributed by atoms with Gasteiger partial charge in [0.15, 0.2) is 0 Å². The molecule has 1 amide bonds. The van der Waals surface area contributed by atoms with Gasteiger partial charge in [-0.05, 0) is 32.0 Å². The Hall–Kier alpha value is -2.59. The van der Waals surface area contributed by atoms with Crippen molar-refractivity contribution in [3.05, 3.63) is 65.9 Å². The number of para-hydroxylation sites is 2. The highest BCUT2D eigenvalue weighted by atomic mass is 16.3. The second kappa shape index (κ2) is 6.26. The van der Waals surface area contributed by atoms with Crippen molar-refractivity contribution in [2.75, 3.05) is 5.32 Å². The van der Waals surface area contributed by atoms with E-state index >= 15 is 0 Å². The molecule has 2 unspecified atom stereocenters. The molecule has 2 atom stereocenters. The van der Waals surface area contributed by atoms with E-state index in [-0.39, 0.29) is 5.91 Å². The Kier molecular flexibility index (Phi) is 4.17. The maximum atomic E-state index is 12.5. The number of anilines is 1. The van der Waals surface area contributed by atoms with Crippen molar-refractivity contribution in [2.24, 2.45) is 0 Å². The molecule has 4 heteroatoms. The van der Waals surface area contributed by atoms with E-state index in [0.717, 1.165) is 11.0 Å². The number of hydrogen-bond donors (Lipinski definition) is 2. The number of nitrogens with one attached hydrogen (secondary N) is 1. The summed E-state index contributed by atoms with van der Waals surface area (Å²) in [6.45, 7) is 3.48. The molecule has 0 saturated heterocycles. The largest absolute Gasteiger partial charge is 0.460 e. The van der Waals surface area contributed by atoms with Crippen LogP contribution in [0.2, 0.25) is 0 Å². The van der Waals surface area contributed by atoms with Gasteiger partial charge in [0.2, 0.25) is 5.91 Å². The van der Waals surface area contributed by atoms with Crippen LogP contribution in [0.4, 0.5) is 5.69 Å². The minimum Gasteiger partial charge on any atom is -0.460 e. The fraction of sp³-hybridized carbons (Fsp3) is 0.211. The third-order valence-electron chi connectivity index (χ3n) is 3.93. The highest BCUT2D eigenvalue weighted by Gasteiger charge is 2.21. The Labute approximate surface area is 134 Å². The predicted molar refractivity (Wildman–Crippen MR) is 90.3 cm³/mol. The third kappa shape index (κ3) is 3.12. The van der Waals surface area contributed by atoms with Gasteiger partial charge in [0.1, 0.15) is 11.3 Å². The molecule has 0 saturated carbocycles. The molecule has 0 spiro atoms. The van der Waals surface area contributed by atoms with Crippen LogP contribution < -0.4 is 5.32 Å². The Morgan fingerprint density at radius 3 is 2.52 bits per heavy atom. The summed E-state index contributed by atoms with van der Waals surface area (Å²) in [5.41, 5.74) is 2.08. The summed E-state index contributed by atoms with van der Waals surface area (Å²) in [5, 5.41) is 13.7. The van der Waals surface area contributed by atoms with Crippen molar-refractivity contribution < 1.29 is 14.3 Å². The summed E-state index contributed by atoms with van der Waals surface area (Å²) >= 11 is 0. The summed E-state index contributed by atoms with van der Waals surface area (Å²) in [7, 11) is 0. The zero-order chi connectivity index (χ0) is 16.4. The molecule has 23 heavy (non-hydrogen) atoms. The lowest BCUT2D eigenvalue weighted by Crippen LogP contribution is -2.19. The number of aliphatic hydroxyl groups is 1. The van der Waals surface area contributed by atoms with Crippen LogP contribution in [-0.4, -0.2) is 11.0 Å². The first kappa shape index (κ1) is 15.3. The fourth-order valence-corrected chi connectivity index (χ4v) is 2.56. The van der Waals surface area contributed by atoms with Crippen LogP contribution in [-0.2, 0) is 4.79 Å². The Bertz CT molecular complexity index is 802. The molecule has 2 aromatic carbocycles. The monoisotopic (exact) mass is 309 g/mol. The smallest absolute Gasteiger partial charge is 0.234 e. The average Bonchev–Trinajstić information content (AvgIpc) is 2.98. The number of hydrogen-bond acceptors (Lipinski definition) is 3. The van der Waals surface area contributed by atoms with E-state index in [2.05, 4.69) is 5.32 Å². The molecule has 3 aromatic rings. The number of rotatable bonds is 4. The van der Waals surface area contributed by atoms with E-state index in [4.69, 9.17) is 4.42 Å². The maximum Gasteiger partial charge on any atom is 0.234 e. The Morgan fingerprint density at radius 1 is 1.09 bits per heavy atom. The van der Waals surface area contributed by atoms with Gasteiger partial charge in [-0.15, -0.1) is 0 Å². The topological polar surface area (TPSA) is 62.5 Å². The number of benzene rings is 2. The lowest BCUT2D eigenvalue weighted by Gasteiger charge is -2.15. The molecule has 4 nitrogen and oxygen atoms in total. The molecule has 0 aliphatic carbocycles. The molecule has 2 N–H and O–H groups in total. The predicted octanol–water partition coefficient (Wildman–Crippen LogP) is 4.23. The van der Waals surface area contributed by atoms with E-state index in [1.807, 2.05) is 42.5 Å². The van der Waals surface area contributed by atoms with Crippen LogP contribution in [0.15, 0.2) is 59.0 Å². The first-order chi connectivity index (χ1) is 11.1. The van der Waals surface area contributed by atoms with Gasteiger partial charge in [-0.25, -0.2) is 0 Å². The van der Waals surface area contributed by atoms with E-state index in [9.17, 15) is 9.90 Å². The van der Waals surface area contributed by atoms with Gasteiger partial charge in [0, 0.05) is 16.6 Å². The Morgan fingerprint density at radius 2 is 1.78 bits per heavy atom. The van der Waals surface area contributed by atoms with Crippen LogP contribution in [0.5, 0.6) is 0 Å². The number of amides is 1.